The second-order valence-electron chi connectivity index (χ2n) is 5.97. The summed E-state index contributed by atoms with van der Waals surface area (Å²) in [7, 11) is -2.19. The number of amides is 1. The number of carbonyl (C=O) groups is 1. The zero-order valence-corrected chi connectivity index (χ0v) is 16.0. The Hall–Kier alpha value is -2.22. The highest BCUT2D eigenvalue weighted by atomic mass is 32.2. The van der Waals surface area contributed by atoms with Gasteiger partial charge in [-0.3, -0.25) is 4.79 Å². The van der Waals surface area contributed by atoms with E-state index in [1.807, 2.05) is 38.1 Å². The number of hydrogen-bond acceptors (Lipinski definition) is 4. The molecule has 1 unspecified atom stereocenters. The second-order valence-corrected chi connectivity index (χ2v) is 7.74. The van der Waals surface area contributed by atoms with Crippen LogP contribution >= 0.6 is 0 Å². The monoisotopic (exact) mass is 376 g/mol. The summed E-state index contributed by atoms with van der Waals surface area (Å²) in [5, 5.41) is 2.91. The number of methoxy groups -OCH3 is 1. The van der Waals surface area contributed by atoms with Crippen LogP contribution in [0.1, 0.15) is 34.5 Å². The Morgan fingerprint density at radius 3 is 2.58 bits per heavy atom. The number of ether oxygens (including phenoxy) is 1. The van der Waals surface area contributed by atoms with Gasteiger partial charge in [-0.25, -0.2) is 13.1 Å². The van der Waals surface area contributed by atoms with Crippen LogP contribution in [0.3, 0.4) is 0 Å². The summed E-state index contributed by atoms with van der Waals surface area (Å²) < 4.78 is 31.8. The maximum atomic E-state index is 12.5. The molecule has 6 nitrogen and oxygen atoms in total. The van der Waals surface area contributed by atoms with E-state index in [0.29, 0.717) is 5.56 Å². The number of aryl methyl sites for hydroxylation is 1. The number of carbonyl (C=O) groups excluding carboxylic acids is 1. The molecule has 2 aromatic rings. The van der Waals surface area contributed by atoms with Crippen LogP contribution in [0.25, 0.3) is 0 Å². The molecule has 26 heavy (non-hydrogen) atoms. The molecule has 0 saturated carbocycles. The molecule has 2 aromatic carbocycles. The van der Waals surface area contributed by atoms with Gasteiger partial charge in [-0.15, -0.1) is 0 Å². The normalized spacial score (nSPS) is 12.6. The highest BCUT2D eigenvalue weighted by Crippen LogP contribution is 2.18. The number of sulfonamides is 1. The van der Waals surface area contributed by atoms with Gasteiger partial charge < -0.3 is 10.1 Å². The fraction of sp³-hybridized carbons (Fsp3) is 0.316. The lowest BCUT2D eigenvalue weighted by Gasteiger charge is -2.17. The fourth-order valence-corrected chi connectivity index (χ4v) is 3.65. The van der Waals surface area contributed by atoms with Gasteiger partial charge in [0.05, 0.1) is 17.5 Å². The zero-order valence-electron chi connectivity index (χ0n) is 15.2. The van der Waals surface area contributed by atoms with E-state index in [4.69, 9.17) is 4.74 Å². The van der Waals surface area contributed by atoms with E-state index in [1.54, 1.807) is 12.1 Å². The number of hydrogen-bond donors (Lipinski definition) is 2. The Kier molecular flexibility index (Phi) is 6.90. The number of rotatable bonds is 8. The lowest BCUT2D eigenvalue weighted by atomic mass is 10.0. The lowest BCUT2D eigenvalue weighted by Crippen LogP contribution is -2.29. The average Bonchev–Trinajstić information content (AvgIpc) is 2.62. The standard InChI is InChI=1S/C19H24N2O4S/c1-14-7-4-5-10-18(14)15(2)21-19(22)16-8-6-9-17(13-16)26(23,24)20-11-12-25-3/h4-10,13,15,20H,11-12H2,1-3H3,(H,21,22). The van der Waals surface area contributed by atoms with Crippen molar-refractivity contribution in [3.63, 3.8) is 0 Å². The topological polar surface area (TPSA) is 84.5 Å². The van der Waals surface area contributed by atoms with E-state index < -0.39 is 10.0 Å². The van der Waals surface area contributed by atoms with Crippen LogP contribution in [0.15, 0.2) is 53.4 Å². The van der Waals surface area contributed by atoms with Gasteiger partial charge in [-0.2, -0.15) is 0 Å². The van der Waals surface area contributed by atoms with E-state index in [2.05, 4.69) is 10.0 Å². The SMILES string of the molecule is COCCNS(=O)(=O)c1cccc(C(=O)NC(C)c2ccccc2C)c1. The Morgan fingerprint density at radius 2 is 1.88 bits per heavy atom. The minimum Gasteiger partial charge on any atom is -0.383 e. The van der Waals surface area contributed by atoms with Crippen LogP contribution in [0.4, 0.5) is 0 Å². The maximum Gasteiger partial charge on any atom is 0.251 e. The summed E-state index contributed by atoms with van der Waals surface area (Å²) in [6.45, 7) is 4.32. The van der Waals surface area contributed by atoms with Crippen molar-refractivity contribution in [3.8, 4) is 0 Å². The first kappa shape index (κ1) is 20.1. The van der Waals surface area contributed by atoms with Gasteiger partial charge in [0, 0.05) is 19.2 Å². The Labute approximate surface area is 154 Å². The Balaban J connectivity index is 2.14. The molecule has 1 atom stereocenters. The van der Waals surface area contributed by atoms with Crippen LogP contribution in [0.2, 0.25) is 0 Å². The fourth-order valence-electron chi connectivity index (χ4n) is 2.60. The van der Waals surface area contributed by atoms with E-state index >= 15 is 0 Å². The number of benzene rings is 2. The molecule has 2 N–H and O–H groups in total. The maximum absolute atomic E-state index is 12.5. The molecule has 0 radical (unpaired) electrons. The van der Waals surface area contributed by atoms with Gasteiger partial charge in [0.2, 0.25) is 10.0 Å². The molecule has 0 heterocycles. The Bertz CT molecular complexity index is 865. The molecule has 0 spiro atoms. The summed E-state index contributed by atoms with van der Waals surface area (Å²) in [6, 6.07) is 13.6. The summed E-state index contributed by atoms with van der Waals surface area (Å²) in [5.74, 6) is -0.324. The molecule has 0 aromatic heterocycles. The molecule has 0 aliphatic rings. The summed E-state index contributed by atoms with van der Waals surface area (Å²) in [5.41, 5.74) is 2.39. The first-order chi connectivity index (χ1) is 12.3. The predicted octanol–water partition coefficient (Wildman–Crippen LogP) is 2.41. The minimum absolute atomic E-state index is 0.0461. The van der Waals surface area contributed by atoms with Crippen LogP contribution in [-0.4, -0.2) is 34.6 Å². The van der Waals surface area contributed by atoms with E-state index in [-0.39, 0.29) is 30.0 Å². The zero-order chi connectivity index (χ0) is 19.2. The highest BCUT2D eigenvalue weighted by Gasteiger charge is 2.17. The molecule has 0 aliphatic heterocycles. The summed E-state index contributed by atoms with van der Waals surface area (Å²) in [6.07, 6.45) is 0. The van der Waals surface area contributed by atoms with Crippen LogP contribution in [0.5, 0.6) is 0 Å². The lowest BCUT2D eigenvalue weighted by molar-refractivity contribution is 0.0939. The van der Waals surface area contributed by atoms with E-state index in [9.17, 15) is 13.2 Å². The van der Waals surface area contributed by atoms with Crippen LogP contribution in [-0.2, 0) is 14.8 Å². The van der Waals surface area contributed by atoms with Crippen molar-refractivity contribution in [2.45, 2.75) is 24.8 Å². The van der Waals surface area contributed by atoms with Crippen molar-refractivity contribution in [1.29, 1.82) is 0 Å². The molecule has 140 valence electrons. The Morgan fingerprint density at radius 1 is 1.15 bits per heavy atom. The van der Waals surface area contributed by atoms with Gasteiger partial charge >= 0.3 is 0 Å². The third kappa shape index (κ3) is 5.14. The van der Waals surface area contributed by atoms with Crippen molar-refractivity contribution in [2.75, 3.05) is 20.3 Å². The third-order valence-electron chi connectivity index (χ3n) is 4.01. The van der Waals surface area contributed by atoms with Gasteiger partial charge in [0.15, 0.2) is 0 Å². The molecule has 0 fully saturated rings. The van der Waals surface area contributed by atoms with Crippen molar-refractivity contribution >= 4 is 15.9 Å². The summed E-state index contributed by atoms with van der Waals surface area (Å²) >= 11 is 0. The molecule has 0 aliphatic carbocycles. The molecule has 0 saturated heterocycles. The van der Waals surface area contributed by atoms with Gasteiger partial charge in [0.1, 0.15) is 0 Å². The average molecular weight is 376 g/mol. The molecule has 1 amide bonds. The van der Waals surface area contributed by atoms with Crippen molar-refractivity contribution in [2.24, 2.45) is 0 Å². The third-order valence-corrected chi connectivity index (χ3v) is 5.47. The van der Waals surface area contributed by atoms with Gasteiger partial charge in [-0.1, -0.05) is 30.3 Å². The molecule has 2 rings (SSSR count). The van der Waals surface area contributed by atoms with Crippen LogP contribution in [0, 0.1) is 6.92 Å². The van der Waals surface area contributed by atoms with Gasteiger partial charge in [-0.05, 0) is 43.2 Å². The summed E-state index contributed by atoms with van der Waals surface area (Å²) in [4.78, 5) is 12.6. The number of nitrogens with one attached hydrogen (secondary N) is 2. The first-order valence-corrected chi connectivity index (χ1v) is 9.78. The van der Waals surface area contributed by atoms with Crippen molar-refractivity contribution in [3.05, 3.63) is 65.2 Å². The predicted molar refractivity (Wildman–Crippen MR) is 101 cm³/mol. The first-order valence-electron chi connectivity index (χ1n) is 8.30. The van der Waals surface area contributed by atoms with Crippen molar-refractivity contribution in [1.82, 2.24) is 10.0 Å². The largest absolute Gasteiger partial charge is 0.383 e. The smallest absolute Gasteiger partial charge is 0.251 e. The quantitative estimate of drug-likeness (QED) is 0.693. The molecule has 7 heteroatoms. The van der Waals surface area contributed by atoms with Crippen molar-refractivity contribution < 1.29 is 17.9 Å². The molecular weight excluding hydrogens is 352 g/mol. The molecular formula is C19H24N2O4S. The van der Waals surface area contributed by atoms with Crippen LogP contribution < -0.4 is 10.0 Å². The minimum atomic E-state index is -3.69. The molecule has 0 bridgehead atoms. The second kappa shape index (κ2) is 8.93. The van der Waals surface area contributed by atoms with E-state index in [0.717, 1.165) is 11.1 Å². The van der Waals surface area contributed by atoms with Gasteiger partial charge in [0.25, 0.3) is 5.91 Å². The highest BCUT2D eigenvalue weighted by molar-refractivity contribution is 7.89. The van der Waals surface area contributed by atoms with E-state index in [1.165, 1.54) is 19.2 Å².